The van der Waals surface area contributed by atoms with E-state index in [-0.39, 0.29) is 0 Å². The van der Waals surface area contributed by atoms with Crippen LogP contribution in [-0.4, -0.2) is 18.7 Å². The molecule has 0 spiro atoms. The Labute approximate surface area is 67.6 Å². The van der Waals surface area contributed by atoms with E-state index < -0.39 is 0 Å². The number of nitrogens with one attached hydrogen (secondary N) is 1. The summed E-state index contributed by atoms with van der Waals surface area (Å²) in [6.45, 7) is 4.11. The van der Waals surface area contributed by atoms with Crippen molar-refractivity contribution in [2.24, 2.45) is 5.73 Å². The largest absolute Gasteiger partial charge is 0.328 e. The van der Waals surface area contributed by atoms with Crippen LogP contribution in [0.25, 0.3) is 0 Å². The van der Waals surface area contributed by atoms with Gasteiger partial charge in [0.1, 0.15) is 0 Å². The van der Waals surface area contributed by atoms with Crippen molar-refractivity contribution >= 4 is 0 Å². The molecule has 2 unspecified atom stereocenters. The van der Waals surface area contributed by atoms with Gasteiger partial charge in [0.25, 0.3) is 0 Å². The van der Waals surface area contributed by atoms with Gasteiger partial charge in [-0.05, 0) is 19.3 Å². The molecule has 0 aromatic carbocycles. The SMILES string of the molecule is C=CCONC1CCC(N)C1. The van der Waals surface area contributed by atoms with Crippen molar-refractivity contribution in [1.82, 2.24) is 5.48 Å². The minimum atomic E-state index is 0.361. The summed E-state index contributed by atoms with van der Waals surface area (Å²) in [6.07, 6.45) is 4.98. The number of rotatable bonds is 4. The van der Waals surface area contributed by atoms with Gasteiger partial charge in [-0.1, -0.05) is 6.08 Å². The van der Waals surface area contributed by atoms with Gasteiger partial charge in [-0.15, -0.1) is 6.58 Å². The van der Waals surface area contributed by atoms with Crippen molar-refractivity contribution in [2.75, 3.05) is 6.61 Å². The standard InChI is InChI=1S/C8H16N2O/c1-2-5-11-10-8-4-3-7(9)6-8/h2,7-8,10H,1,3-6,9H2. The Morgan fingerprint density at radius 2 is 2.45 bits per heavy atom. The van der Waals surface area contributed by atoms with Crippen LogP contribution in [0.1, 0.15) is 19.3 Å². The fourth-order valence-corrected chi connectivity index (χ4v) is 1.35. The van der Waals surface area contributed by atoms with Gasteiger partial charge < -0.3 is 5.73 Å². The molecule has 0 aromatic heterocycles. The lowest BCUT2D eigenvalue weighted by Gasteiger charge is -2.10. The van der Waals surface area contributed by atoms with E-state index >= 15 is 0 Å². The maximum Gasteiger partial charge on any atom is 0.0861 e. The highest BCUT2D eigenvalue weighted by atomic mass is 16.6. The molecular formula is C8H16N2O. The second-order valence-corrected chi connectivity index (χ2v) is 2.99. The summed E-state index contributed by atoms with van der Waals surface area (Å²) in [5.41, 5.74) is 8.68. The Morgan fingerprint density at radius 1 is 1.64 bits per heavy atom. The van der Waals surface area contributed by atoms with E-state index in [0.717, 1.165) is 19.3 Å². The zero-order valence-electron chi connectivity index (χ0n) is 6.75. The van der Waals surface area contributed by atoms with Crippen LogP contribution in [0.5, 0.6) is 0 Å². The summed E-state index contributed by atoms with van der Waals surface area (Å²) in [5, 5.41) is 0. The molecule has 0 saturated heterocycles. The van der Waals surface area contributed by atoms with Crippen molar-refractivity contribution in [2.45, 2.75) is 31.3 Å². The maximum absolute atomic E-state index is 5.71. The predicted molar refractivity (Wildman–Crippen MR) is 44.9 cm³/mol. The molecule has 3 nitrogen and oxygen atoms in total. The Balaban J connectivity index is 2.03. The Kier molecular flexibility index (Phi) is 3.56. The lowest BCUT2D eigenvalue weighted by molar-refractivity contribution is 0.0364. The average molecular weight is 156 g/mol. The summed E-state index contributed by atoms with van der Waals surface area (Å²) >= 11 is 0. The van der Waals surface area contributed by atoms with Crippen LogP contribution in [0.15, 0.2) is 12.7 Å². The lowest BCUT2D eigenvalue weighted by atomic mass is 10.2. The summed E-state index contributed by atoms with van der Waals surface area (Å²) < 4.78 is 0. The summed E-state index contributed by atoms with van der Waals surface area (Å²) in [4.78, 5) is 5.09. The van der Waals surface area contributed by atoms with E-state index in [0.29, 0.717) is 18.7 Å². The van der Waals surface area contributed by atoms with Gasteiger partial charge >= 0.3 is 0 Å². The smallest absolute Gasteiger partial charge is 0.0861 e. The average Bonchev–Trinajstić information content (AvgIpc) is 2.37. The van der Waals surface area contributed by atoms with E-state index in [1.165, 1.54) is 0 Å². The third-order valence-electron chi connectivity index (χ3n) is 1.92. The van der Waals surface area contributed by atoms with Crippen LogP contribution in [0, 0.1) is 0 Å². The second-order valence-electron chi connectivity index (χ2n) is 2.99. The van der Waals surface area contributed by atoms with Gasteiger partial charge in [-0.3, -0.25) is 4.84 Å². The minimum absolute atomic E-state index is 0.361. The fourth-order valence-electron chi connectivity index (χ4n) is 1.35. The summed E-state index contributed by atoms with van der Waals surface area (Å²) in [5.74, 6) is 0. The first-order chi connectivity index (χ1) is 5.33. The van der Waals surface area contributed by atoms with E-state index in [9.17, 15) is 0 Å². The molecule has 1 aliphatic rings. The molecule has 0 radical (unpaired) electrons. The summed E-state index contributed by atoms with van der Waals surface area (Å²) in [6, 6.07) is 0.810. The first kappa shape index (κ1) is 8.71. The molecule has 0 aliphatic heterocycles. The molecule has 3 heteroatoms. The Bertz CT molecular complexity index is 127. The summed E-state index contributed by atoms with van der Waals surface area (Å²) in [7, 11) is 0. The van der Waals surface area contributed by atoms with Gasteiger partial charge in [0.15, 0.2) is 0 Å². The van der Waals surface area contributed by atoms with Crippen LogP contribution in [0.2, 0.25) is 0 Å². The fraction of sp³-hybridized carbons (Fsp3) is 0.750. The molecule has 1 fully saturated rings. The molecule has 0 aromatic rings. The Hall–Kier alpha value is -0.380. The first-order valence-corrected chi connectivity index (χ1v) is 4.06. The van der Waals surface area contributed by atoms with Gasteiger partial charge in [0, 0.05) is 12.1 Å². The molecule has 0 bridgehead atoms. The minimum Gasteiger partial charge on any atom is -0.328 e. The monoisotopic (exact) mass is 156 g/mol. The van der Waals surface area contributed by atoms with Gasteiger partial charge in [0.2, 0.25) is 0 Å². The highest BCUT2D eigenvalue weighted by Crippen LogP contribution is 2.16. The van der Waals surface area contributed by atoms with Crippen molar-refractivity contribution in [3.05, 3.63) is 12.7 Å². The second kappa shape index (κ2) is 4.49. The zero-order chi connectivity index (χ0) is 8.10. The molecule has 64 valence electrons. The van der Waals surface area contributed by atoms with Gasteiger partial charge in [0.05, 0.1) is 6.61 Å². The quantitative estimate of drug-likeness (QED) is 0.355. The van der Waals surface area contributed by atoms with Crippen LogP contribution < -0.4 is 11.2 Å². The number of hydrogen-bond donors (Lipinski definition) is 2. The lowest BCUT2D eigenvalue weighted by Crippen LogP contribution is -2.28. The highest BCUT2D eigenvalue weighted by molar-refractivity contribution is 4.80. The predicted octanol–water partition coefficient (Wildman–Crippen LogP) is 0.573. The van der Waals surface area contributed by atoms with Crippen molar-refractivity contribution < 1.29 is 4.84 Å². The number of hydrogen-bond acceptors (Lipinski definition) is 3. The molecule has 1 saturated carbocycles. The molecule has 3 N–H and O–H groups in total. The van der Waals surface area contributed by atoms with E-state index in [1.54, 1.807) is 6.08 Å². The highest BCUT2D eigenvalue weighted by Gasteiger charge is 2.20. The molecule has 1 rings (SSSR count). The molecule has 11 heavy (non-hydrogen) atoms. The van der Waals surface area contributed by atoms with Gasteiger partial charge in [-0.25, -0.2) is 0 Å². The van der Waals surface area contributed by atoms with E-state index in [2.05, 4.69) is 12.1 Å². The van der Waals surface area contributed by atoms with Crippen molar-refractivity contribution in [1.29, 1.82) is 0 Å². The van der Waals surface area contributed by atoms with Crippen molar-refractivity contribution in [3.8, 4) is 0 Å². The first-order valence-electron chi connectivity index (χ1n) is 4.06. The van der Waals surface area contributed by atoms with Crippen LogP contribution in [-0.2, 0) is 4.84 Å². The normalized spacial score (nSPS) is 30.6. The molecular weight excluding hydrogens is 140 g/mol. The number of hydroxylamine groups is 1. The van der Waals surface area contributed by atoms with E-state index in [4.69, 9.17) is 10.6 Å². The van der Waals surface area contributed by atoms with Crippen LogP contribution in [0.3, 0.4) is 0 Å². The van der Waals surface area contributed by atoms with Crippen LogP contribution >= 0.6 is 0 Å². The van der Waals surface area contributed by atoms with Crippen LogP contribution in [0.4, 0.5) is 0 Å². The number of nitrogens with two attached hydrogens (primary N) is 1. The maximum atomic E-state index is 5.71. The molecule has 1 aliphatic carbocycles. The zero-order valence-corrected chi connectivity index (χ0v) is 6.75. The molecule has 0 amide bonds. The van der Waals surface area contributed by atoms with Crippen molar-refractivity contribution in [3.63, 3.8) is 0 Å². The van der Waals surface area contributed by atoms with E-state index in [1.807, 2.05) is 0 Å². The molecule has 0 heterocycles. The molecule has 2 atom stereocenters. The third kappa shape index (κ3) is 3.01. The van der Waals surface area contributed by atoms with Gasteiger partial charge in [-0.2, -0.15) is 5.48 Å². The topological polar surface area (TPSA) is 47.3 Å². The third-order valence-corrected chi connectivity index (χ3v) is 1.92. The Morgan fingerprint density at radius 3 is 3.00 bits per heavy atom.